The number of ketones is 1. The summed E-state index contributed by atoms with van der Waals surface area (Å²) in [5.74, 6) is 1.19. The van der Waals surface area contributed by atoms with Crippen LogP contribution in [0.4, 0.5) is 0 Å². The average Bonchev–Trinajstić information content (AvgIpc) is 2.20. The van der Waals surface area contributed by atoms with Crippen molar-refractivity contribution in [2.75, 3.05) is 13.6 Å². The molecule has 0 spiro atoms. The Hall–Kier alpha value is -0.370. The van der Waals surface area contributed by atoms with Crippen molar-refractivity contribution in [1.29, 1.82) is 0 Å². The van der Waals surface area contributed by atoms with Gasteiger partial charge in [0.25, 0.3) is 0 Å². The molecule has 0 aromatic carbocycles. The van der Waals surface area contributed by atoms with Gasteiger partial charge in [0, 0.05) is 12.8 Å². The summed E-state index contributed by atoms with van der Waals surface area (Å²) in [6, 6.07) is 0. The molecule has 1 rings (SSSR count). The summed E-state index contributed by atoms with van der Waals surface area (Å²) in [5, 5.41) is 3.07. The SMILES string of the molecule is CNCCCC(=O)CC1CCCCC1. The zero-order valence-electron chi connectivity index (χ0n) is 9.35. The van der Waals surface area contributed by atoms with Crippen molar-refractivity contribution in [2.45, 2.75) is 51.4 Å². The third kappa shape index (κ3) is 4.75. The molecule has 0 radical (unpaired) electrons. The third-order valence-electron chi connectivity index (χ3n) is 3.12. The molecule has 0 unspecified atom stereocenters. The number of hydrogen-bond donors (Lipinski definition) is 1. The van der Waals surface area contributed by atoms with Crippen LogP contribution in [0, 0.1) is 5.92 Å². The molecule has 0 heterocycles. The number of carbonyl (C=O) groups is 1. The highest BCUT2D eigenvalue weighted by Gasteiger charge is 2.16. The van der Waals surface area contributed by atoms with E-state index in [2.05, 4.69) is 5.32 Å². The zero-order valence-corrected chi connectivity index (χ0v) is 9.35. The largest absolute Gasteiger partial charge is 0.320 e. The summed E-state index contributed by atoms with van der Waals surface area (Å²) in [7, 11) is 1.94. The second-order valence-corrected chi connectivity index (χ2v) is 4.45. The molecule has 0 bridgehead atoms. The Bertz CT molecular complexity index is 162. The van der Waals surface area contributed by atoms with Crippen molar-refractivity contribution >= 4 is 5.78 Å². The quantitative estimate of drug-likeness (QED) is 0.663. The second-order valence-electron chi connectivity index (χ2n) is 4.45. The average molecular weight is 197 g/mol. The molecule has 1 aliphatic rings. The molecule has 0 aromatic rings. The first-order valence-corrected chi connectivity index (χ1v) is 5.99. The Morgan fingerprint density at radius 3 is 2.64 bits per heavy atom. The molecule has 14 heavy (non-hydrogen) atoms. The first-order chi connectivity index (χ1) is 6.83. The van der Waals surface area contributed by atoms with Gasteiger partial charge in [0.05, 0.1) is 0 Å². The van der Waals surface area contributed by atoms with Crippen molar-refractivity contribution in [2.24, 2.45) is 5.92 Å². The fourth-order valence-corrected chi connectivity index (χ4v) is 2.28. The number of rotatable bonds is 6. The standard InChI is InChI=1S/C12H23NO/c1-13-9-5-8-12(14)10-11-6-3-2-4-7-11/h11,13H,2-10H2,1H3. The molecule has 0 saturated heterocycles. The lowest BCUT2D eigenvalue weighted by molar-refractivity contribution is -0.120. The summed E-state index contributed by atoms with van der Waals surface area (Å²) in [6.07, 6.45) is 9.27. The maximum atomic E-state index is 11.6. The van der Waals surface area contributed by atoms with Crippen LogP contribution in [-0.4, -0.2) is 19.4 Å². The summed E-state index contributed by atoms with van der Waals surface area (Å²) < 4.78 is 0. The van der Waals surface area contributed by atoms with Gasteiger partial charge in [-0.25, -0.2) is 0 Å². The first kappa shape index (κ1) is 11.7. The van der Waals surface area contributed by atoms with E-state index in [0.29, 0.717) is 11.7 Å². The minimum atomic E-state index is 0.479. The number of hydrogen-bond acceptors (Lipinski definition) is 2. The maximum absolute atomic E-state index is 11.6. The fraction of sp³-hybridized carbons (Fsp3) is 0.917. The Kier molecular flexibility index (Phi) is 5.85. The normalized spacial score (nSPS) is 18.4. The highest BCUT2D eigenvalue weighted by molar-refractivity contribution is 5.78. The van der Waals surface area contributed by atoms with E-state index in [1.807, 2.05) is 7.05 Å². The molecule has 1 fully saturated rings. The molecule has 2 heteroatoms. The lowest BCUT2D eigenvalue weighted by atomic mass is 9.85. The van der Waals surface area contributed by atoms with Gasteiger partial charge in [0.1, 0.15) is 5.78 Å². The molecule has 0 amide bonds. The molecule has 2 nitrogen and oxygen atoms in total. The smallest absolute Gasteiger partial charge is 0.133 e. The zero-order chi connectivity index (χ0) is 10.2. The number of Topliss-reactive ketones (excluding diaryl/α,β-unsaturated/α-hetero) is 1. The molecule has 0 aromatic heterocycles. The molecule has 1 saturated carbocycles. The van der Waals surface area contributed by atoms with Crippen LogP contribution in [0.1, 0.15) is 51.4 Å². The Balaban J connectivity index is 2.06. The van der Waals surface area contributed by atoms with E-state index in [1.54, 1.807) is 0 Å². The van der Waals surface area contributed by atoms with E-state index >= 15 is 0 Å². The van der Waals surface area contributed by atoms with E-state index in [-0.39, 0.29) is 0 Å². The maximum Gasteiger partial charge on any atom is 0.133 e. The van der Waals surface area contributed by atoms with Gasteiger partial charge >= 0.3 is 0 Å². The Labute approximate surface area is 87.5 Å². The Morgan fingerprint density at radius 2 is 2.00 bits per heavy atom. The highest BCUT2D eigenvalue weighted by Crippen LogP contribution is 2.26. The minimum absolute atomic E-state index is 0.479. The van der Waals surface area contributed by atoms with E-state index in [0.717, 1.165) is 25.8 Å². The summed E-state index contributed by atoms with van der Waals surface area (Å²) >= 11 is 0. The van der Waals surface area contributed by atoms with E-state index < -0.39 is 0 Å². The van der Waals surface area contributed by atoms with Crippen LogP contribution in [0.5, 0.6) is 0 Å². The minimum Gasteiger partial charge on any atom is -0.320 e. The summed E-state index contributed by atoms with van der Waals surface area (Å²) in [4.78, 5) is 11.6. The lowest BCUT2D eigenvalue weighted by Crippen LogP contribution is -2.14. The van der Waals surface area contributed by atoms with Crippen LogP contribution in [0.15, 0.2) is 0 Å². The van der Waals surface area contributed by atoms with E-state index in [9.17, 15) is 4.79 Å². The molecule has 1 N–H and O–H groups in total. The van der Waals surface area contributed by atoms with Crippen molar-refractivity contribution in [3.05, 3.63) is 0 Å². The van der Waals surface area contributed by atoms with Crippen LogP contribution in [0.3, 0.4) is 0 Å². The summed E-state index contributed by atoms with van der Waals surface area (Å²) in [5.41, 5.74) is 0. The first-order valence-electron chi connectivity index (χ1n) is 5.99. The van der Waals surface area contributed by atoms with Gasteiger partial charge in [-0.3, -0.25) is 4.79 Å². The fourth-order valence-electron chi connectivity index (χ4n) is 2.28. The monoisotopic (exact) mass is 197 g/mol. The van der Waals surface area contributed by atoms with Crippen LogP contribution in [-0.2, 0) is 4.79 Å². The van der Waals surface area contributed by atoms with Gasteiger partial charge in [-0.2, -0.15) is 0 Å². The van der Waals surface area contributed by atoms with Crippen molar-refractivity contribution in [1.82, 2.24) is 5.32 Å². The predicted molar refractivity (Wildman–Crippen MR) is 59.4 cm³/mol. The van der Waals surface area contributed by atoms with Gasteiger partial charge in [-0.15, -0.1) is 0 Å². The van der Waals surface area contributed by atoms with Crippen molar-refractivity contribution in [3.63, 3.8) is 0 Å². The van der Waals surface area contributed by atoms with Gasteiger partial charge in [0.15, 0.2) is 0 Å². The van der Waals surface area contributed by atoms with E-state index in [4.69, 9.17) is 0 Å². The van der Waals surface area contributed by atoms with Crippen LogP contribution < -0.4 is 5.32 Å². The van der Waals surface area contributed by atoms with Crippen molar-refractivity contribution in [3.8, 4) is 0 Å². The number of nitrogens with one attached hydrogen (secondary N) is 1. The van der Waals surface area contributed by atoms with Crippen LogP contribution >= 0.6 is 0 Å². The molecular weight excluding hydrogens is 174 g/mol. The predicted octanol–water partition coefficient (Wildman–Crippen LogP) is 2.53. The highest BCUT2D eigenvalue weighted by atomic mass is 16.1. The van der Waals surface area contributed by atoms with Gasteiger partial charge in [-0.1, -0.05) is 32.1 Å². The van der Waals surface area contributed by atoms with Gasteiger partial charge < -0.3 is 5.32 Å². The molecule has 82 valence electrons. The molecular formula is C12H23NO. The van der Waals surface area contributed by atoms with E-state index in [1.165, 1.54) is 32.1 Å². The van der Waals surface area contributed by atoms with Gasteiger partial charge in [-0.05, 0) is 25.9 Å². The van der Waals surface area contributed by atoms with Crippen LogP contribution in [0.25, 0.3) is 0 Å². The second kappa shape index (κ2) is 6.99. The summed E-state index contributed by atoms with van der Waals surface area (Å²) in [6.45, 7) is 0.969. The topological polar surface area (TPSA) is 29.1 Å². The van der Waals surface area contributed by atoms with Gasteiger partial charge in [0.2, 0.25) is 0 Å². The molecule has 0 atom stereocenters. The lowest BCUT2D eigenvalue weighted by Gasteiger charge is -2.20. The van der Waals surface area contributed by atoms with Crippen molar-refractivity contribution < 1.29 is 4.79 Å². The Morgan fingerprint density at radius 1 is 1.29 bits per heavy atom. The van der Waals surface area contributed by atoms with Crippen LogP contribution in [0.2, 0.25) is 0 Å². The molecule has 0 aliphatic heterocycles. The third-order valence-corrected chi connectivity index (χ3v) is 3.12. The number of carbonyl (C=O) groups excluding carboxylic acids is 1. The molecule has 1 aliphatic carbocycles.